The third-order valence-corrected chi connectivity index (χ3v) is 4.66. The van der Waals surface area contributed by atoms with E-state index in [-0.39, 0.29) is 0 Å². The molecular weight excluding hydrogens is 216 g/mol. The van der Waals surface area contributed by atoms with Gasteiger partial charge in [0.05, 0.1) is 5.69 Å². The average molecular weight is 238 g/mol. The summed E-state index contributed by atoms with van der Waals surface area (Å²) in [6, 6.07) is 0. The van der Waals surface area contributed by atoms with Crippen LogP contribution in [0.3, 0.4) is 0 Å². The number of nitrogens with one attached hydrogen (secondary N) is 1. The minimum Gasteiger partial charge on any atom is -0.314 e. The highest BCUT2D eigenvalue weighted by Gasteiger charge is 2.30. The molecule has 1 aromatic heterocycles. The lowest BCUT2D eigenvalue weighted by Crippen LogP contribution is -2.26. The SMILES string of the molecule is CNCc1nc2c(s1)CC(C(C)(C)C)CC2. The molecule has 0 bridgehead atoms. The first kappa shape index (κ1) is 12.1. The lowest BCUT2D eigenvalue weighted by atomic mass is 9.73. The molecule has 1 aromatic rings. The molecule has 0 aliphatic heterocycles. The van der Waals surface area contributed by atoms with Crippen molar-refractivity contribution in [3.05, 3.63) is 15.6 Å². The minimum atomic E-state index is 0.435. The Kier molecular flexibility index (Phi) is 3.36. The van der Waals surface area contributed by atoms with Gasteiger partial charge in [-0.15, -0.1) is 11.3 Å². The van der Waals surface area contributed by atoms with Gasteiger partial charge in [-0.2, -0.15) is 0 Å². The minimum absolute atomic E-state index is 0.435. The van der Waals surface area contributed by atoms with E-state index in [9.17, 15) is 0 Å². The van der Waals surface area contributed by atoms with Gasteiger partial charge >= 0.3 is 0 Å². The zero-order valence-electron chi connectivity index (χ0n) is 10.8. The van der Waals surface area contributed by atoms with E-state index < -0.39 is 0 Å². The first-order valence-corrected chi connectivity index (χ1v) is 6.94. The summed E-state index contributed by atoms with van der Waals surface area (Å²) in [5, 5.41) is 4.43. The Morgan fingerprint density at radius 3 is 2.81 bits per heavy atom. The number of thiazole rings is 1. The molecule has 0 amide bonds. The van der Waals surface area contributed by atoms with Crippen molar-refractivity contribution in [3.8, 4) is 0 Å². The third-order valence-electron chi connectivity index (χ3n) is 3.54. The third kappa shape index (κ3) is 2.46. The van der Waals surface area contributed by atoms with Crippen molar-refractivity contribution in [1.29, 1.82) is 0 Å². The number of hydrogen-bond donors (Lipinski definition) is 1. The molecule has 16 heavy (non-hydrogen) atoms. The van der Waals surface area contributed by atoms with Gasteiger partial charge in [0, 0.05) is 11.4 Å². The quantitative estimate of drug-likeness (QED) is 0.856. The van der Waals surface area contributed by atoms with Crippen molar-refractivity contribution in [3.63, 3.8) is 0 Å². The number of rotatable bonds is 2. The van der Waals surface area contributed by atoms with E-state index in [2.05, 4.69) is 26.1 Å². The second-order valence-corrected chi connectivity index (χ2v) is 6.98. The Morgan fingerprint density at radius 1 is 1.44 bits per heavy atom. The van der Waals surface area contributed by atoms with Gasteiger partial charge in [-0.1, -0.05) is 20.8 Å². The Labute approximate surface area is 102 Å². The van der Waals surface area contributed by atoms with Crippen molar-refractivity contribution >= 4 is 11.3 Å². The van der Waals surface area contributed by atoms with Crippen LogP contribution in [-0.2, 0) is 19.4 Å². The van der Waals surface area contributed by atoms with Crippen LogP contribution in [-0.4, -0.2) is 12.0 Å². The molecule has 1 unspecified atom stereocenters. The summed E-state index contributed by atoms with van der Waals surface area (Å²) in [4.78, 5) is 6.25. The van der Waals surface area contributed by atoms with Gasteiger partial charge in [-0.05, 0) is 37.6 Å². The van der Waals surface area contributed by atoms with Crippen LogP contribution < -0.4 is 5.32 Å². The molecular formula is C13H22N2S. The fourth-order valence-corrected chi connectivity index (χ4v) is 3.60. The van der Waals surface area contributed by atoms with Crippen molar-refractivity contribution in [2.45, 2.75) is 46.6 Å². The zero-order chi connectivity index (χ0) is 11.8. The summed E-state index contributed by atoms with van der Waals surface area (Å²) >= 11 is 1.91. The molecule has 0 aromatic carbocycles. The summed E-state index contributed by atoms with van der Waals surface area (Å²) in [6.07, 6.45) is 3.72. The summed E-state index contributed by atoms with van der Waals surface area (Å²) in [7, 11) is 1.98. The summed E-state index contributed by atoms with van der Waals surface area (Å²) in [6.45, 7) is 7.99. The Morgan fingerprint density at radius 2 is 2.19 bits per heavy atom. The monoisotopic (exact) mass is 238 g/mol. The lowest BCUT2D eigenvalue weighted by Gasteiger charge is -2.33. The van der Waals surface area contributed by atoms with Gasteiger partial charge in [0.25, 0.3) is 0 Å². The normalized spacial score (nSPS) is 20.9. The van der Waals surface area contributed by atoms with E-state index in [0.29, 0.717) is 5.41 Å². The van der Waals surface area contributed by atoms with Gasteiger partial charge < -0.3 is 5.32 Å². The fourth-order valence-electron chi connectivity index (χ4n) is 2.39. The first-order chi connectivity index (χ1) is 7.50. The van der Waals surface area contributed by atoms with Crippen molar-refractivity contribution in [2.75, 3.05) is 7.05 Å². The molecule has 1 aliphatic carbocycles. The molecule has 0 fully saturated rings. The lowest BCUT2D eigenvalue weighted by molar-refractivity contribution is 0.217. The Hall–Kier alpha value is -0.410. The van der Waals surface area contributed by atoms with E-state index in [1.165, 1.54) is 34.8 Å². The van der Waals surface area contributed by atoms with Gasteiger partial charge in [0.15, 0.2) is 0 Å². The highest BCUT2D eigenvalue weighted by molar-refractivity contribution is 7.11. The maximum Gasteiger partial charge on any atom is 0.107 e. The fraction of sp³-hybridized carbons (Fsp3) is 0.769. The number of aryl methyl sites for hydroxylation is 1. The molecule has 90 valence electrons. The molecule has 3 heteroatoms. The van der Waals surface area contributed by atoms with Crippen molar-refractivity contribution < 1.29 is 0 Å². The topological polar surface area (TPSA) is 24.9 Å². The van der Waals surface area contributed by atoms with Crippen LogP contribution in [0.4, 0.5) is 0 Å². The highest BCUT2D eigenvalue weighted by Crippen LogP contribution is 2.38. The molecule has 1 heterocycles. The standard InChI is InChI=1S/C13H22N2S/c1-13(2,3)9-5-6-10-11(7-9)16-12(15-10)8-14-4/h9,14H,5-8H2,1-4H3. The molecule has 1 N–H and O–H groups in total. The smallest absolute Gasteiger partial charge is 0.107 e. The molecule has 0 spiro atoms. The summed E-state index contributed by atoms with van der Waals surface area (Å²) < 4.78 is 0. The zero-order valence-corrected chi connectivity index (χ0v) is 11.6. The van der Waals surface area contributed by atoms with E-state index in [4.69, 9.17) is 4.98 Å². The summed E-state index contributed by atoms with van der Waals surface area (Å²) in [5.74, 6) is 0.822. The van der Waals surface area contributed by atoms with E-state index in [1.54, 1.807) is 0 Å². The van der Waals surface area contributed by atoms with Crippen LogP contribution in [0.2, 0.25) is 0 Å². The van der Waals surface area contributed by atoms with E-state index >= 15 is 0 Å². The number of aromatic nitrogens is 1. The molecule has 2 nitrogen and oxygen atoms in total. The molecule has 0 saturated carbocycles. The first-order valence-electron chi connectivity index (χ1n) is 6.12. The van der Waals surface area contributed by atoms with E-state index in [1.807, 2.05) is 18.4 Å². The molecule has 1 aliphatic rings. The van der Waals surface area contributed by atoms with Crippen LogP contribution in [0.15, 0.2) is 0 Å². The van der Waals surface area contributed by atoms with Crippen LogP contribution in [0, 0.1) is 11.3 Å². The largest absolute Gasteiger partial charge is 0.314 e. The Bertz CT molecular complexity index is 362. The Balaban J connectivity index is 2.14. The van der Waals surface area contributed by atoms with Gasteiger partial charge in [-0.3, -0.25) is 0 Å². The molecule has 2 rings (SSSR count). The second kappa shape index (κ2) is 4.46. The number of fused-ring (bicyclic) bond motifs is 1. The average Bonchev–Trinajstić information content (AvgIpc) is 2.57. The van der Waals surface area contributed by atoms with E-state index in [0.717, 1.165) is 12.5 Å². The maximum absolute atomic E-state index is 4.71. The molecule has 0 radical (unpaired) electrons. The van der Waals surface area contributed by atoms with Gasteiger partial charge in [-0.25, -0.2) is 4.98 Å². The molecule has 1 atom stereocenters. The predicted molar refractivity (Wildman–Crippen MR) is 69.8 cm³/mol. The maximum atomic E-state index is 4.71. The highest BCUT2D eigenvalue weighted by atomic mass is 32.1. The molecule has 0 saturated heterocycles. The summed E-state index contributed by atoms with van der Waals surface area (Å²) in [5.41, 5.74) is 1.81. The van der Waals surface area contributed by atoms with Crippen molar-refractivity contribution in [1.82, 2.24) is 10.3 Å². The number of hydrogen-bond acceptors (Lipinski definition) is 3. The van der Waals surface area contributed by atoms with Crippen molar-refractivity contribution in [2.24, 2.45) is 11.3 Å². The van der Waals surface area contributed by atoms with Gasteiger partial charge in [0.2, 0.25) is 0 Å². The van der Waals surface area contributed by atoms with Crippen LogP contribution >= 0.6 is 11.3 Å². The van der Waals surface area contributed by atoms with Crippen LogP contribution in [0.1, 0.15) is 42.8 Å². The van der Waals surface area contributed by atoms with Crippen LogP contribution in [0.25, 0.3) is 0 Å². The number of nitrogens with zero attached hydrogens (tertiary/aromatic N) is 1. The second-order valence-electron chi connectivity index (χ2n) is 5.81. The van der Waals surface area contributed by atoms with Crippen LogP contribution in [0.5, 0.6) is 0 Å². The van der Waals surface area contributed by atoms with Gasteiger partial charge in [0.1, 0.15) is 5.01 Å². The predicted octanol–water partition coefficient (Wildman–Crippen LogP) is 3.01.